The summed E-state index contributed by atoms with van der Waals surface area (Å²) in [5.74, 6) is 0.595. The number of hydrogen-bond acceptors (Lipinski definition) is 4. The lowest BCUT2D eigenvalue weighted by atomic mass is 9.98. The molecule has 1 N–H and O–H groups in total. The first-order chi connectivity index (χ1) is 8.41. The van der Waals surface area contributed by atoms with E-state index in [4.69, 9.17) is 0 Å². The third kappa shape index (κ3) is 5.24. The Morgan fingerprint density at radius 3 is 2.67 bits per heavy atom. The number of hydrogen-bond donors (Lipinski definition) is 1. The van der Waals surface area contributed by atoms with Crippen molar-refractivity contribution in [2.24, 2.45) is 0 Å². The average Bonchev–Trinajstić information content (AvgIpc) is 2.52. The highest BCUT2D eigenvalue weighted by molar-refractivity contribution is 7.91. The third-order valence-corrected chi connectivity index (χ3v) is 5.72. The van der Waals surface area contributed by atoms with Crippen molar-refractivity contribution in [2.45, 2.75) is 45.6 Å². The highest BCUT2D eigenvalue weighted by Crippen LogP contribution is 2.15. The maximum Gasteiger partial charge on any atom is 0.150 e. The van der Waals surface area contributed by atoms with Gasteiger partial charge in [-0.3, -0.25) is 0 Å². The Kier molecular flexibility index (Phi) is 6.08. The van der Waals surface area contributed by atoms with Crippen LogP contribution in [0.3, 0.4) is 0 Å². The monoisotopic (exact) mass is 276 g/mol. The molecule has 1 atom stereocenters. The Morgan fingerprint density at radius 2 is 2.06 bits per heavy atom. The van der Waals surface area contributed by atoms with Gasteiger partial charge in [0.25, 0.3) is 0 Å². The summed E-state index contributed by atoms with van der Waals surface area (Å²) in [4.78, 5) is 2.41. The van der Waals surface area contributed by atoms with Crippen LogP contribution in [0.2, 0.25) is 0 Å². The number of nitrogens with zero attached hydrogens (tertiary/aromatic N) is 1. The summed E-state index contributed by atoms with van der Waals surface area (Å²) in [7, 11) is -2.81. The molecule has 0 amide bonds. The Hall–Kier alpha value is -0.130. The van der Waals surface area contributed by atoms with Gasteiger partial charge in [-0.25, -0.2) is 8.42 Å². The van der Waals surface area contributed by atoms with Crippen molar-refractivity contribution in [2.75, 3.05) is 37.7 Å². The van der Waals surface area contributed by atoms with Crippen molar-refractivity contribution in [1.29, 1.82) is 0 Å². The molecule has 1 rings (SSSR count). The minimum atomic E-state index is -2.81. The van der Waals surface area contributed by atoms with Crippen LogP contribution in [0.15, 0.2) is 0 Å². The van der Waals surface area contributed by atoms with Crippen LogP contribution in [-0.4, -0.2) is 56.5 Å². The number of sulfone groups is 1. The zero-order valence-electron chi connectivity index (χ0n) is 12.0. The first-order valence-electron chi connectivity index (χ1n) is 7.08. The van der Waals surface area contributed by atoms with E-state index in [1.165, 1.54) is 0 Å². The molecule has 0 bridgehead atoms. The maximum atomic E-state index is 11.5. The standard InChI is InChI=1S/C13H28N2O2S/c1-4-13(3)12-15(9-6-8-14-13)10-7-11-18(16,17)5-2/h14H,4-12H2,1-3H3. The molecule has 1 aliphatic heterocycles. The van der Waals surface area contributed by atoms with Gasteiger partial charge in [0.2, 0.25) is 0 Å². The minimum absolute atomic E-state index is 0.181. The van der Waals surface area contributed by atoms with Crippen molar-refractivity contribution in [3.05, 3.63) is 0 Å². The van der Waals surface area contributed by atoms with Gasteiger partial charge in [-0.15, -0.1) is 0 Å². The summed E-state index contributed by atoms with van der Waals surface area (Å²) < 4.78 is 22.9. The summed E-state index contributed by atoms with van der Waals surface area (Å²) in [5, 5.41) is 3.60. The summed E-state index contributed by atoms with van der Waals surface area (Å²) in [6, 6.07) is 0. The van der Waals surface area contributed by atoms with Gasteiger partial charge in [0.05, 0.1) is 5.75 Å². The molecule has 1 aliphatic rings. The molecule has 0 aromatic heterocycles. The van der Waals surface area contributed by atoms with Gasteiger partial charge in [-0.1, -0.05) is 13.8 Å². The van der Waals surface area contributed by atoms with E-state index < -0.39 is 9.84 Å². The van der Waals surface area contributed by atoms with E-state index in [1.807, 2.05) is 0 Å². The van der Waals surface area contributed by atoms with Crippen LogP contribution in [0, 0.1) is 0 Å². The van der Waals surface area contributed by atoms with Crippen LogP contribution in [0.1, 0.15) is 40.0 Å². The fourth-order valence-corrected chi connectivity index (χ4v) is 3.26. The van der Waals surface area contributed by atoms with Gasteiger partial charge < -0.3 is 10.2 Å². The highest BCUT2D eigenvalue weighted by atomic mass is 32.2. The fourth-order valence-electron chi connectivity index (χ4n) is 2.40. The molecule has 1 fully saturated rings. The van der Waals surface area contributed by atoms with Crippen molar-refractivity contribution in [3.63, 3.8) is 0 Å². The van der Waals surface area contributed by atoms with Crippen LogP contribution in [0.5, 0.6) is 0 Å². The fraction of sp³-hybridized carbons (Fsp3) is 1.00. The van der Waals surface area contributed by atoms with E-state index in [0.29, 0.717) is 5.75 Å². The molecule has 0 aromatic rings. The normalized spacial score (nSPS) is 27.1. The molecule has 0 spiro atoms. The molecule has 1 heterocycles. The zero-order valence-corrected chi connectivity index (χ0v) is 12.9. The Bertz CT molecular complexity index is 343. The van der Waals surface area contributed by atoms with Gasteiger partial charge in [-0.05, 0) is 45.8 Å². The zero-order chi connectivity index (χ0) is 13.6. The molecule has 0 aliphatic carbocycles. The average molecular weight is 276 g/mol. The topological polar surface area (TPSA) is 49.4 Å². The number of rotatable bonds is 6. The largest absolute Gasteiger partial charge is 0.310 e. The minimum Gasteiger partial charge on any atom is -0.310 e. The molecule has 18 heavy (non-hydrogen) atoms. The number of nitrogens with one attached hydrogen (secondary N) is 1. The van der Waals surface area contributed by atoms with Crippen LogP contribution in [0.4, 0.5) is 0 Å². The molecule has 0 saturated carbocycles. The molecule has 108 valence electrons. The van der Waals surface area contributed by atoms with E-state index in [1.54, 1.807) is 6.92 Å². The van der Waals surface area contributed by atoms with Gasteiger partial charge in [0.15, 0.2) is 0 Å². The first-order valence-corrected chi connectivity index (χ1v) is 8.91. The van der Waals surface area contributed by atoms with E-state index in [9.17, 15) is 8.42 Å². The molecule has 5 heteroatoms. The second kappa shape index (κ2) is 6.87. The van der Waals surface area contributed by atoms with Crippen molar-refractivity contribution in [3.8, 4) is 0 Å². The third-order valence-electron chi connectivity index (χ3n) is 3.93. The van der Waals surface area contributed by atoms with Crippen molar-refractivity contribution >= 4 is 9.84 Å². The maximum absolute atomic E-state index is 11.5. The van der Waals surface area contributed by atoms with E-state index >= 15 is 0 Å². The smallest absolute Gasteiger partial charge is 0.150 e. The molecule has 0 aromatic carbocycles. The van der Waals surface area contributed by atoms with Crippen LogP contribution in [0.25, 0.3) is 0 Å². The lowest BCUT2D eigenvalue weighted by Crippen LogP contribution is -2.48. The molecule has 1 unspecified atom stereocenters. The summed E-state index contributed by atoms with van der Waals surface area (Å²) >= 11 is 0. The van der Waals surface area contributed by atoms with Gasteiger partial charge >= 0.3 is 0 Å². The Morgan fingerprint density at radius 1 is 1.33 bits per heavy atom. The van der Waals surface area contributed by atoms with Gasteiger partial charge in [0.1, 0.15) is 9.84 Å². The predicted molar refractivity (Wildman–Crippen MR) is 76.7 cm³/mol. The molecule has 1 saturated heterocycles. The molecule has 0 radical (unpaired) electrons. The van der Waals surface area contributed by atoms with Gasteiger partial charge in [0, 0.05) is 17.8 Å². The Labute approximate surface area is 112 Å². The predicted octanol–water partition coefficient (Wildman–Crippen LogP) is 1.28. The van der Waals surface area contributed by atoms with Crippen LogP contribution in [-0.2, 0) is 9.84 Å². The SMILES string of the molecule is CCC1(C)CN(CCCS(=O)(=O)CC)CCCN1. The molecular weight excluding hydrogens is 248 g/mol. The lowest BCUT2D eigenvalue weighted by molar-refractivity contribution is 0.216. The van der Waals surface area contributed by atoms with Gasteiger partial charge in [-0.2, -0.15) is 0 Å². The first kappa shape index (κ1) is 15.9. The van der Waals surface area contributed by atoms with Crippen LogP contribution >= 0.6 is 0 Å². The second-order valence-electron chi connectivity index (χ2n) is 5.56. The lowest BCUT2D eigenvalue weighted by Gasteiger charge is -2.32. The van der Waals surface area contributed by atoms with Crippen molar-refractivity contribution < 1.29 is 8.42 Å². The second-order valence-corrected chi connectivity index (χ2v) is 8.03. The van der Waals surface area contributed by atoms with Crippen LogP contribution < -0.4 is 5.32 Å². The van der Waals surface area contributed by atoms with E-state index in [-0.39, 0.29) is 11.3 Å². The summed E-state index contributed by atoms with van der Waals surface area (Å²) in [5.41, 5.74) is 0.181. The van der Waals surface area contributed by atoms with Crippen molar-refractivity contribution in [1.82, 2.24) is 10.2 Å². The Balaban J connectivity index is 2.41. The van der Waals surface area contributed by atoms with E-state index in [2.05, 4.69) is 24.1 Å². The highest BCUT2D eigenvalue weighted by Gasteiger charge is 2.26. The summed E-state index contributed by atoms with van der Waals surface area (Å²) in [6.45, 7) is 10.3. The molecular formula is C13H28N2O2S. The van der Waals surface area contributed by atoms with E-state index in [0.717, 1.165) is 45.4 Å². The summed E-state index contributed by atoms with van der Waals surface area (Å²) in [6.07, 6.45) is 3.02. The molecule has 4 nitrogen and oxygen atoms in total. The quantitative estimate of drug-likeness (QED) is 0.794.